The highest BCUT2D eigenvalue weighted by molar-refractivity contribution is 6.30. The Morgan fingerprint density at radius 2 is 1.96 bits per heavy atom. The zero-order valence-electron chi connectivity index (χ0n) is 13.9. The quantitative estimate of drug-likeness (QED) is 0.660. The van der Waals surface area contributed by atoms with Crippen molar-refractivity contribution in [3.8, 4) is 0 Å². The molecule has 0 aliphatic carbocycles. The lowest BCUT2D eigenvalue weighted by Gasteiger charge is -2.20. The number of carbonyl (C=O) groups excluding carboxylic acids is 1. The van der Waals surface area contributed by atoms with Crippen LogP contribution < -0.4 is 10.9 Å². The van der Waals surface area contributed by atoms with Crippen LogP contribution in [0.1, 0.15) is 12.5 Å². The van der Waals surface area contributed by atoms with Crippen LogP contribution in [0.3, 0.4) is 0 Å². The number of alkyl halides is 3. The van der Waals surface area contributed by atoms with Crippen LogP contribution in [-0.4, -0.2) is 26.6 Å². The van der Waals surface area contributed by atoms with Crippen molar-refractivity contribution >= 4 is 34.2 Å². The molecule has 1 amide bonds. The van der Waals surface area contributed by atoms with Crippen LogP contribution in [0, 0.1) is 5.82 Å². The van der Waals surface area contributed by atoms with Gasteiger partial charge in [-0.15, -0.1) is 0 Å². The lowest BCUT2D eigenvalue weighted by molar-refractivity contribution is -0.150. The number of rotatable bonds is 4. The summed E-state index contributed by atoms with van der Waals surface area (Å²) in [7, 11) is 0. The number of halogens is 5. The monoisotopic (exact) mass is 414 g/mol. The minimum Gasteiger partial charge on any atom is -0.309 e. The van der Waals surface area contributed by atoms with Gasteiger partial charge in [0.1, 0.15) is 17.7 Å². The van der Waals surface area contributed by atoms with Gasteiger partial charge in [0.05, 0.1) is 28.7 Å². The molecular formula is C17H11ClF4N4O2. The van der Waals surface area contributed by atoms with E-state index >= 15 is 0 Å². The molecule has 28 heavy (non-hydrogen) atoms. The molecule has 0 bridgehead atoms. The number of nitrogens with one attached hydrogen (secondary N) is 1. The van der Waals surface area contributed by atoms with Crippen LogP contribution in [0.5, 0.6) is 0 Å². The summed E-state index contributed by atoms with van der Waals surface area (Å²) in [6, 6.07) is 3.84. The van der Waals surface area contributed by atoms with E-state index in [-0.39, 0.29) is 21.7 Å². The minimum atomic E-state index is -4.76. The first-order valence-electron chi connectivity index (χ1n) is 7.79. The predicted octanol–water partition coefficient (Wildman–Crippen LogP) is 3.72. The van der Waals surface area contributed by atoms with Crippen molar-refractivity contribution < 1.29 is 22.4 Å². The molecule has 0 aliphatic rings. The number of hydrogen-bond donors (Lipinski definition) is 1. The Morgan fingerprint density at radius 1 is 1.21 bits per heavy atom. The van der Waals surface area contributed by atoms with Gasteiger partial charge in [-0.2, -0.15) is 13.2 Å². The van der Waals surface area contributed by atoms with Gasteiger partial charge < -0.3 is 5.32 Å². The number of hydrogen-bond acceptors (Lipinski definition) is 4. The third-order valence-corrected chi connectivity index (χ3v) is 4.01. The summed E-state index contributed by atoms with van der Waals surface area (Å²) in [5, 5.41) is 2.23. The minimum absolute atomic E-state index is 0.0468. The summed E-state index contributed by atoms with van der Waals surface area (Å²) < 4.78 is 53.1. The third kappa shape index (κ3) is 4.45. The third-order valence-electron chi connectivity index (χ3n) is 3.79. The molecule has 1 aromatic carbocycles. The number of pyridine rings is 1. The Labute approximate surface area is 159 Å². The van der Waals surface area contributed by atoms with Crippen molar-refractivity contribution in [2.75, 3.05) is 5.32 Å². The molecule has 3 aromatic rings. The van der Waals surface area contributed by atoms with E-state index in [0.717, 1.165) is 18.5 Å². The molecule has 1 atom stereocenters. The maximum absolute atomic E-state index is 13.4. The molecule has 0 saturated heterocycles. The van der Waals surface area contributed by atoms with E-state index < -0.39 is 35.9 Å². The van der Waals surface area contributed by atoms with Crippen LogP contribution in [0.4, 0.5) is 23.4 Å². The predicted molar refractivity (Wildman–Crippen MR) is 93.5 cm³/mol. The van der Waals surface area contributed by atoms with E-state index in [0.29, 0.717) is 4.57 Å². The van der Waals surface area contributed by atoms with Gasteiger partial charge in [0.2, 0.25) is 5.91 Å². The highest BCUT2D eigenvalue weighted by Gasteiger charge is 2.37. The van der Waals surface area contributed by atoms with Crippen LogP contribution in [0.2, 0.25) is 5.02 Å². The standard InChI is InChI=1S/C17H11ClF4N4O2/c18-9-1-4-14(23-7-9)25-15(27)13(6-17(20,21)22)26-8-24-12-3-2-10(19)5-11(12)16(26)28/h1-5,7-8,13H,6H2,(H,23,25,27). The van der Waals surface area contributed by atoms with E-state index in [1.165, 1.54) is 24.4 Å². The van der Waals surface area contributed by atoms with E-state index in [1.807, 2.05) is 0 Å². The maximum atomic E-state index is 13.4. The van der Waals surface area contributed by atoms with Gasteiger partial charge in [-0.25, -0.2) is 14.4 Å². The van der Waals surface area contributed by atoms with Crippen LogP contribution in [0.25, 0.3) is 10.9 Å². The van der Waals surface area contributed by atoms with E-state index in [9.17, 15) is 27.2 Å². The number of amides is 1. The Bertz CT molecular complexity index is 1080. The summed E-state index contributed by atoms with van der Waals surface area (Å²) in [5.74, 6) is -1.94. The van der Waals surface area contributed by atoms with Crippen molar-refractivity contribution in [2.24, 2.45) is 0 Å². The lowest BCUT2D eigenvalue weighted by atomic mass is 10.1. The second-order valence-corrected chi connectivity index (χ2v) is 6.24. The van der Waals surface area contributed by atoms with Crippen LogP contribution >= 0.6 is 11.6 Å². The van der Waals surface area contributed by atoms with E-state index in [1.54, 1.807) is 0 Å². The number of nitrogens with zero attached hydrogens (tertiary/aromatic N) is 3. The summed E-state index contributed by atoms with van der Waals surface area (Å²) >= 11 is 5.67. The molecule has 146 valence electrons. The van der Waals surface area contributed by atoms with Crippen molar-refractivity contribution in [1.29, 1.82) is 0 Å². The molecule has 3 rings (SSSR count). The number of anilines is 1. The summed E-state index contributed by atoms with van der Waals surface area (Å²) in [6.07, 6.45) is -4.36. The fourth-order valence-electron chi connectivity index (χ4n) is 2.53. The SMILES string of the molecule is O=C(Nc1ccc(Cl)cn1)C(CC(F)(F)F)n1cnc2ccc(F)cc2c1=O. The largest absolute Gasteiger partial charge is 0.391 e. The summed E-state index contributed by atoms with van der Waals surface area (Å²) in [5.41, 5.74) is -0.883. The van der Waals surface area contributed by atoms with Crippen molar-refractivity contribution in [1.82, 2.24) is 14.5 Å². The van der Waals surface area contributed by atoms with Crippen molar-refractivity contribution in [3.05, 3.63) is 64.0 Å². The van der Waals surface area contributed by atoms with Gasteiger partial charge >= 0.3 is 6.18 Å². The van der Waals surface area contributed by atoms with E-state index in [4.69, 9.17) is 11.6 Å². The Balaban J connectivity index is 2.03. The first-order chi connectivity index (χ1) is 13.1. The zero-order valence-corrected chi connectivity index (χ0v) is 14.6. The molecule has 1 unspecified atom stereocenters. The Hall–Kier alpha value is -3.01. The highest BCUT2D eigenvalue weighted by Crippen LogP contribution is 2.28. The van der Waals surface area contributed by atoms with E-state index in [2.05, 4.69) is 15.3 Å². The fraction of sp³-hybridized carbons (Fsp3) is 0.176. The first-order valence-corrected chi connectivity index (χ1v) is 8.17. The molecule has 0 saturated carbocycles. The number of aromatic nitrogens is 3. The molecule has 0 aliphatic heterocycles. The number of benzene rings is 1. The van der Waals surface area contributed by atoms with Crippen molar-refractivity contribution in [2.45, 2.75) is 18.6 Å². The molecule has 6 nitrogen and oxygen atoms in total. The average molecular weight is 415 g/mol. The first kappa shape index (κ1) is 19.7. The second-order valence-electron chi connectivity index (χ2n) is 5.80. The normalized spacial score (nSPS) is 12.8. The molecule has 11 heteroatoms. The molecule has 0 fully saturated rings. The number of fused-ring (bicyclic) bond motifs is 1. The van der Waals surface area contributed by atoms with Gasteiger partial charge in [-0.05, 0) is 30.3 Å². The number of carbonyl (C=O) groups is 1. The zero-order chi connectivity index (χ0) is 20.5. The second kappa shape index (κ2) is 7.55. The fourth-order valence-corrected chi connectivity index (χ4v) is 2.64. The van der Waals surface area contributed by atoms with Gasteiger partial charge in [-0.3, -0.25) is 14.2 Å². The van der Waals surface area contributed by atoms with Crippen molar-refractivity contribution in [3.63, 3.8) is 0 Å². The smallest absolute Gasteiger partial charge is 0.309 e. The van der Waals surface area contributed by atoms with Gasteiger partial charge in [0.25, 0.3) is 5.56 Å². The summed E-state index contributed by atoms with van der Waals surface area (Å²) in [4.78, 5) is 32.7. The van der Waals surface area contributed by atoms with Gasteiger partial charge in [0, 0.05) is 6.20 Å². The Morgan fingerprint density at radius 3 is 2.61 bits per heavy atom. The molecule has 2 heterocycles. The average Bonchev–Trinajstić information content (AvgIpc) is 2.62. The topological polar surface area (TPSA) is 76.9 Å². The molecule has 0 spiro atoms. The Kier molecular flexibility index (Phi) is 5.32. The van der Waals surface area contributed by atoms with Gasteiger partial charge in [-0.1, -0.05) is 11.6 Å². The highest BCUT2D eigenvalue weighted by atomic mass is 35.5. The molecular weight excluding hydrogens is 404 g/mol. The lowest BCUT2D eigenvalue weighted by Crippen LogP contribution is -2.36. The van der Waals surface area contributed by atoms with Crippen LogP contribution in [-0.2, 0) is 4.79 Å². The summed E-state index contributed by atoms with van der Waals surface area (Å²) in [6.45, 7) is 0. The van der Waals surface area contributed by atoms with Gasteiger partial charge in [0.15, 0.2) is 0 Å². The molecule has 2 aromatic heterocycles. The molecule has 1 N–H and O–H groups in total. The van der Waals surface area contributed by atoms with Crippen LogP contribution in [0.15, 0.2) is 47.7 Å². The molecule has 0 radical (unpaired) electrons. The maximum Gasteiger partial charge on any atom is 0.391 e.